The Bertz CT molecular complexity index is 636. The third kappa shape index (κ3) is 4.54. The molecule has 1 aliphatic heterocycles. The van der Waals surface area contributed by atoms with Crippen molar-refractivity contribution in [2.75, 3.05) is 25.5 Å². The van der Waals surface area contributed by atoms with Gasteiger partial charge in [0.05, 0.1) is 6.54 Å². The maximum Gasteiger partial charge on any atom is 0.0782 e. The Morgan fingerprint density at radius 1 is 1.54 bits per heavy atom. The molecule has 1 aromatic rings. The van der Waals surface area contributed by atoms with E-state index in [9.17, 15) is 0 Å². The molecular weight excluding hydrogens is 320 g/mol. The van der Waals surface area contributed by atoms with E-state index >= 15 is 0 Å². The van der Waals surface area contributed by atoms with E-state index in [2.05, 4.69) is 28.7 Å². The molecule has 0 bridgehead atoms. The number of likely N-dealkylation sites (tertiary alicyclic amines) is 1. The van der Waals surface area contributed by atoms with Crippen LogP contribution < -0.4 is 11.1 Å². The minimum Gasteiger partial charge on any atom is -0.398 e. The second-order valence-corrected chi connectivity index (χ2v) is 6.45. The minimum atomic E-state index is 0.606. The summed E-state index contributed by atoms with van der Waals surface area (Å²) in [4.78, 5) is 6.84. The zero-order chi connectivity index (χ0) is 17.5. The third-order valence-corrected chi connectivity index (χ3v) is 4.68. The molecule has 2 rings (SSSR count). The number of allylic oxidation sites excluding steroid dienone is 1. The average molecular weight is 347 g/mol. The van der Waals surface area contributed by atoms with E-state index in [0.29, 0.717) is 23.3 Å². The van der Waals surface area contributed by atoms with Crippen LogP contribution >= 0.6 is 11.6 Å². The Labute approximate surface area is 150 Å². The first-order valence-corrected chi connectivity index (χ1v) is 8.82. The molecule has 0 spiro atoms. The molecule has 0 amide bonds. The number of nitrogens with zero attached hydrogens (tertiary/aromatic N) is 2. The molecular formula is C19H27ClN4. The van der Waals surface area contributed by atoms with Gasteiger partial charge in [0.1, 0.15) is 0 Å². The highest BCUT2D eigenvalue weighted by Gasteiger charge is 2.23. The Balaban J connectivity index is 1.98. The molecule has 0 saturated carbocycles. The van der Waals surface area contributed by atoms with Crippen LogP contribution in [0.1, 0.15) is 31.7 Å². The number of aliphatic imine (C=N–C) groups is 1. The predicted octanol–water partition coefficient (Wildman–Crippen LogP) is 4.14. The van der Waals surface area contributed by atoms with Crippen LogP contribution in [0.4, 0.5) is 5.69 Å². The van der Waals surface area contributed by atoms with Crippen LogP contribution in [0.2, 0.25) is 5.02 Å². The highest BCUT2D eigenvalue weighted by Crippen LogP contribution is 2.25. The summed E-state index contributed by atoms with van der Waals surface area (Å²) in [5.41, 5.74) is 9.69. The monoisotopic (exact) mass is 346 g/mol. The number of benzene rings is 1. The van der Waals surface area contributed by atoms with Gasteiger partial charge in [-0.05, 0) is 43.5 Å². The number of nitrogens with two attached hydrogens (primary N) is 1. The summed E-state index contributed by atoms with van der Waals surface area (Å²) in [6.45, 7) is 8.11. The van der Waals surface area contributed by atoms with Crippen molar-refractivity contribution in [1.29, 1.82) is 0 Å². The molecule has 1 heterocycles. The molecule has 1 aromatic carbocycles. The Morgan fingerprint density at radius 2 is 2.33 bits per heavy atom. The van der Waals surface area contributed by atoms with Crippen LogP contribution in [0.25, 0.3) is 5.70 Å². The maximum atomic E-state index is 6.16. The number of rotatable bonds is 7. The molecule has 0 radical (unpaired) electrons. The zero-order valence-electron chi connectivity index (χ0n) is 14.6. The van der Waals surface area contributed by atoms with E-state index in [0.717, 1.165) is 29.9 Å². The van der Waals surface area contributed by atoms with Gasteiger partial charge in [0.25, 0.3) is 0 Å². The van der Waals surface area contributed by atoms with Gasteiger partial charge in [-0.1, -0.05) is 25.1 Å². The molecule has 0 aliphatic carbocycles. The fraction of sp³-hybridized carbons (Fsp3) is 0.421. The van der Waals surface area contributed by atoms with Gasteiger partial charge in [0.2, 0.25) is 0 Å². The first-order valence-electron chi connectivity index (χ1n) is 8.44. The summed E-state index contributed by atoms with van der Waals surface area (Å²) in [6, 6.07) is 6.22. The third-order valence-electron chi connectivity index (χ3n) is 4.45. The number of hydrogen-bond acceptors (Lipinski definition) is 4. The molecule has 0 aromatic heterocycles. The second-order valence-electron chi connectivity index (χ2n) is 6.02. The summed E-state index contributed by atoms with van der Waals surface area (Å²) < 4.78 is 0. The van der Waals surface area contributed by atoms with Gasteiger partial charge < -0.3 is 16.0 Å². The largest absolute Gasteiger partial charge is 0.398 e. The van der Waals surface area contributed by atoms with E-state index < -0.39 is 0 Å². The highest BCUT2D eigenvalue weighted by molar-refractivity contribution is 6.30. The molecule has 3 N–H and O–H groups in total. The van der Waals surface area contributed by atoms with E-state index in [1.807, 2.05) is 25.2 Å². The lowest BCUT2D eigenvalue weighted by molar-refractivity contribution is 0.311. The zero-order valence-corrected chi connectivity index (χ0v) is 15.3. The van der Waals surface area contributed by atoms with Crippen LogP contribution in [0.3, 0.4) is 0 Å². The van der Waals surface area contributed by atoms with Crippen molar-refractivity contribution in [3.8, 4) is 0 Å². The minimum absolute atomic E-state index is 0.606. The van der Waals surface area contributed by atoms with Crippen molar-refractivity contribution in [1.82, 2.24) is 4.90 Å². The van der Waals surface area contributed by atoms with Gasteiger partial charge >= 0.3 is 0 Å². The molecule has 24 heavy (non-hydrogen) atoms. The lowest BCUT2D eigenvalue weighted by Gasteiger charge is -2.26. The molecule has 5 heteroatoms. The van der Waals surface area contributed by atoms with Crippen molar-refractivity contribution in [3.05, 3.63) is 47.1 Å². The second kappa shape index (κ2) is 8.78. The summed E-state index contributed by atoms with van der Waals surface area (Å²) in [7, 11) is 1.86. The van der Waals surface area contributed by atoms with Crippen molar-refractivity contribution < 1.29 is 0 Å². The molecule has 4 nitrogen and oxygen atoms in total. The summed E-state index contributed by atoms with van der Waals surface area (Å²) in [6.07, 6.45) is 7.22. The van der Waals surface area contributed by atoms with Crippen molar-refractivity contribution in [3.63, 3.8) is 0 Å². The topological polar surface area (TPSA) is 53.6 Å². The fourth-order valence-electron chi connectivity index (χ4n) is 3.12. The van der Waals surface area contributed by atoms with E-state index in [1.165, 1.54) is 12.8 Å². The van der Waals surface area contributed by atoms with Crippen molar-refractivity contribution >= 4 is 29.2 Å². The lowest BCUT2D eigenvalue weighted by Crippen LogP contribution is -2.28. The average Bonchev–Trinajstić information content (AvgIpc) is 3.07. The molecule has 130 valence electrons. The van der Waals surface area contributed by atoms with E-state index in [-0.39, 0.29) is 0 Å². The van der Waals surface area contributed by atoms with Crippen LogP contribution in [0.15, 0.2) is 41.5 Å². The predicted molar refractivity (Wildman–Crippen MR) is 106 cm³/mol. The lowest BCUT2D eigenvalue weighted by atomic mass is 10.1. The van der Waals surface area contributed by atoms with Crippen molar-refractivity contribution in [2.24, 2.45) is 10.7 Å². The quantitative estimate of drug-likeness (QED) is 0.729. The van der Waals surface area contributed by atoms with Crippen LogP contribution in [0.5, 0.6) is 0 Å². The van der Waals surface area contributed by atoms with E-state index in [4.69, 9.17) is 17.3 Å². The molecule has 1 aliphatic rings. The summed E-state index contributed by atoms with van der Waals surface area (Å²) in [5.74, 6) is 0. The first-order chi connectivity index (χ1) is 11.6. The molecule has 1 unspecified atom stereocenters. The summed E-state index contributed by atoms with van der Waals surface area (Å²) in [5, 5.41) is 3.77. The van der Waals surface area contributed by atoms with Gasteiger partial charge in [0.15, 0.2) is 0 Å². The molecule has 1 fully saturated rings. The van der Waals surface area contributed by atoms with E-state index in [1.54, 1.807) is 12.3 Å². The first kappa shape index (κ1) is 18.4. The van der Waals surface area contributed by atoms with Crippen molar-refractivity contribution in [2.45, 2.75) is 32.2 Å². The molecule has 1 atom stereocenters. The standard InChI is InChI=1S/C19H27ClN4/c1-4-16-6-5-11-24(16)14(2)13-23-10-9-18(21)17-12-15(20)7-8-19(17)22-3/h7-10,12,16,22H,2,4-6,11,13,21H2,1,3H3. The normalized spacial score (nSPS) is 18.4. The van der Waals surface area contributed by atoms with Gasteiger partial charge in [0, 0.05) is 53.5 Å². The number of halogens is 1. The Kier molecular flexibility index (Phi) is 6.73. The Hall–Kier alpha value is -1.94. The van der Waals surface area contributed by atoms with Crippen LogP contribution in [-0.4, -0.2) is 37.3 Å². The summed E-state index contributed by atoms with van der Waals surface area (Å²) >= 11 is 6.06. The highest BCUT2D eigenvalue weighted by atomic mass is 35.5. The maximum absolute atomic E-state index is 6.16. The fourth-order valence-corrected chi connectivity index (χ4v) is 3.29. The number of nitrogens with one attached hydrogen (secondary N) is 1. The van der Waals surface area contributed by atoms with Gasteiger partial charge in [-0.15, -0.1) is 0 Å². The number of hydrogen-bond donors (Lipinski definition) is 2. The Morgan fingerprint density at radius 3 is 3.04 bits per heavy atom. The van der Waals surface area contributed by atoms with Crippen LogP contribution in [0, 0.1) is 0 Å². The molecule has 1 saturated heterocycles. The van der Waals surface area contributed by atoms with Crippen LogP contribution in [-0.2, 0) is 0 Å². The SMILES string of the molecule is C=C(CN=CC=C(N)c1cc(Cl)ccc1NC)N1CCCC1CC. The van der Waals surface area contributed by atoms with Gasteiger partial charge in [-0.3, -0.25) is 4.99 Å². The number of anilines is 1. The van der Waals surface area contributed by atoms with Gasteiger partial charge in [-0.2, -0.15) is 0 Å². The van der Waals surface area contributed by atoms with Gasteiger partial charge in [-0.25, -0.2) is 0 Å². The smallest absolute Gasteiger partial charge is 0.0782 e.